The predicted molar refractivity (Wildman–Crippen MR) is 65.9 cm³/mol. The Hall–Kier alpha value is -2.39. The van der Waals surface area contributed by atoms with Crippen LogP contribution in [0.15, 0.2) is 24.4 Å². The van der Waals surface area contributed by atoms with E-state index in [1.54, 1.807) is 0 Å². The van der Waals surface area contributed by atoms with Crippen molar-refractivity contribution in [2.24, 2.45) is 0 Å². The molecule has 7 heteroatoms. The zero-order valence-corrected chi connectivity index (χ0v) is 9.74. The molecule has 0 atom stereocenters. The molecular weight excluding hydrogens is 257 g/mol. The van der Waals surface area contributed by atoms with Gasteiger partial charge in [0.25, 0.3) is 0 Å². The molecule has 0 radical (unpaired) electrons. The van der Waals surface area contributed by atoms with E-state index in [1.807, 2.05) is 6.07 Å². The summed E-state index contributed by atoms with van der Waals surface area (Å²) in [5.74, 6) is -0.356. The zero-order chi connectivity index (χ0) is 13.1. The van der Waals surface area contributed by atoms with Crippen LogP contribution in [-0.2, 0) is 0 Å². The minimum atomic E-state index is -0.581. The first-order valence-corrected chi connectivity index (χ1v) is 5.22. The lowest BCUT2D eigenvalue weighted by molar-refractivity contribution is 0.631. The van der Waals surface area contributed by atoms with Gasteiger partial charge in [-0.2, -0.15) is 10.2 Å². The number of nitrogens with one attached hydrogen (secondary N) is 1. The average Bonchev–Trinajstić information content (AvgIpc) is 2.36. The first-order valence-electron chi connectivity index (χ1n) is 4.85. The molecule has 0 spiro atoms. The summed E-state index contributed by atoms with van der Waals surface area (Å²) in [6.45, 7) is 0. The average molecular weight is 264 g/mol. The van der Waals surface area contributed by atoms with Gasteiger partial charge in [-0.05, 0) is 18.2 Å². The largest absolute Gasteiger partial charge is 0.368 e. The molecule has 0 amide bonds. The van der Waals surface area contributed by atoms with Crippen LogP contribution in [0.25, 0.3) is 0 Å². The number of nitrogens with two attached hydrogens (primary N) is 1. The molecule has 90 valence electrons. The van der Waals surface area contributed by atoms with Gasteiger partial charge in [-0.15, -0.1) is 0 Å². The molecule has 5 nitrogen and oxygen atoms in total. The summed E-state index contributed by atoms with van der Waals surface area (Å²) in [5.41, 5.74) is 5.78. The Labute approximate surface area is 107 Å². The van der Waals surface area contributed by atoms with Gasteiger partial charge in [0.05, 0.1) is 23.5 Å². The fourth-order valence-corrected chi connectivity index (χ4v) is 1.42. The molecule has 18 heavy (non-hydrogen) atoms. The van der Waals surface area contributed by atoms with E-state index in [1.165, 1.54) is 18.3 Å². The Morgan fingerprint density at radius 1 is 1.44 bits per heavy atom. The fraction of sp³-hybridized carbons (Fsp3) is 0. The maximum atomic E-state index is 13.6. The molecule has 0 saturated carbocycles. The van der Waals surface area contributed by atoms with Gasteiger partial charge in [0.15, 0.2) is 5.82 Å². The van der Waals surface area contributed by atoms with E-state index >= 15 is 0 Å². The number of nitrogen functional groups attached to an aromatic ring is 1. The molecule has 0 fully saturated rings. The van der Waals surface area contributed by atoms with Gasteiger partial charge < -0.3 is 11.1 Å². The Morgan fingerprint density at radius 2 is 2.22 bits per heavy atom. The molecule has 0 aliphatic rings. The summed E-state index contributed by atoms with van der Waals surface area (Å²) in [7, 11) is 0. The molecule has 1 heterocycles. The topological polar surface area (TPSA) is 87.6 Å². The van der Waals surface area contributed by atoms with Crippen molar-refractivity contribution in [3.8, 4) is 6.07 Å². The van der Waals surface area contributed by atoms with Crippen molar-refractivity contribution in [2.45, 2.75) is 0 Å². The first-order chi connectivity index (χ1) is 8.60. The Kier molecular flexibility index (Phi) is 3.26. The lowest BCUT2D eigenvalue weighted by Gasteiger charge is -2.08. The van der Waals surface area contributed by atoms with Gasteiger partial charge in [0.1, 0.15) is 10.8 Å². The number of hydrogen-bond donors (Lipinski definition) is 2. The molecular formula is C11H7ClFN5. The normalized spacial score (nSPS) is 9.83. The van der Waals surface area contributed by atoms with Crippen LogP contribution in [-0.4, -0.2) is 9.97 Å². The maximum absolute atomic E-state index is 13.6. The number of aromatic nitrogens is 2. The summed E-state index contributed by atoms with van der Waals surface area (Å²) in [4.78, 5) is 7.53. The quantitative estimate of drug-likeness (QED) is 0.869. The van der Waals surface area contributed by atoms with Gasteiger partial charge in [0.2, 0.25) is 5.95 Å². The summed E-state index contributed by atoms with van der Waals surface area (Å²) in [6, 6.07) is 5.85. The molecule has 0 aliphatic heterocycles. The van der Waals surface area contributed by atoms with Crippen LogP contribution in [0, 0.1) is 17.1 Å². The molecule has 0 bridgehead atoms. The Morgan fingerprint density at radius 3 is 2.89 bits per heavy atom. The van der Waals surface area contributed by atoms with Crippen molar-refractivity contribution in [1.82, 2.24) is 9.97 Å². The van der Waals surface area contributed by atoms with E-state index in [9.17, 15) is 4.39 Å². The second-order valence-electron chi connectivity index (χ2n) is 3.36. The minimum absolute atomic E-state index is 0.0240. The molecule has 0 aliphatic carbocycles. The van der Waals surface area contributed by atoms with Gasteiger partial charge in [-0.3, -0.25) is 0 Å². The molecule has 1 aromatic carbocycles. The number of anilines is 3. The maximum Gasteiger partial charge on any atom is 0.222 e. The third-order valence-corrected chi connectivity index (χ3v) is 2.39. The van der Waals surface area contributed by atoms with Crippen molar-refractivity contribution in [1.29, 1.82) is 5.26 Å². The van der Waals surface area contributed by atoms with Crippen molar-refractivity contribution in [2.75, 3.05) is 11.1 Å². The number of benzene rings is 1. The van der Waals surface area contributed by atoms with Crippen molar-refractivity contribution >= 4 is 29.1 Å². The molecule has 1 aromatic heterocycles. The van der Waals surface area contributed by atoms with Crippen molar-refractivity contribution < 1.29 is 4.39 Å². The minimum Gasteiger partial charge on any atom is -0.368 e. The molecule has 3 N–H and O–H groups in total. The van der Waals surface area contributed by atoms with Crippen LogP contribution in [0.2, 0.25) is 5.02 Å². The van der Waals surface area contributed by atoms with Crippen LogP contribution in [0.1, 0.15) is 5.56 Å². The van der Waals surface area contributed by atoms with E-state index in [4.69, 9.17) is 22.6 Å². The third-order valence-electron chi connectivity index (χ3n) is 2.11. The Bertz CT molecular complexity index is 638. The number of hydrogen-bond acceptors (Lipinski definition) is 5. The molecule has 0 unspecified atom stereocenters. The van der Waals surface area contributed by atoms with E-state index in [0.717, 1.165) is 6.07 Å². The summed E-state index contributed by atoms with van der Waals surface area (Å²) in [6.07, 6.45) is 1.31. The van der Waals surface area contributed by atoms with E-state index in [0.29, 0.717) is 0 Å². The highest BCUT2D eigenvalue weighted by molar-refractivity contribution is 6.32. The monoisotopic (exact) mass is 263 g/mol. The second-order valence-corrected chi connectivity index (χ2v) is 3.76. The third kappa shape index (κ3) is 2.47. The zero-order valence-electron chi connectivity index (χ0n) is 8.98. The van der Waals surface area contributed by atoms with Crippen LogP contribution < -0.4 is 11.1 Å². The van der Waals surface area contributed by atoms with Crippen molar-refractivity contribution in [3.63, 3.8) is 0 Å². The van der Waals surface area contributed by atoms with Crippen molar-refractivity contribution in [3.05, 3.63) is 40.8 Å². The van der Waals surface area contributed by atoms with E-state index in [2.05, 4.69) is 15.3 Å². The number of nitrogens with zero attached hydrogens (tertiary/aromatic N) is 3. The summed E-state index contributed by atoms with van der Waals surface area (Å²) in [5, 5.41) is 11.5. The molecule has 0 saturated heterocycles. The molecule has 2 aromatic rings. The fourth-order valence-electron chi connectivity index (χ4n) is 1.28. The standard InChI is InChI=1S/C11H7ClFN5/c12-7-5-16-11(15)18-10(7)17-9-2-1-6(4-14)3-8(9)13/h1-3,5H,(H3,15,16,17,18). The summed E-state index contributed by atoms with van der Waals surface area (Å²) < 4.78 is 13.6. The lowest BCUT2D eigenvalue weighted by atomic mass is 10.2. The highest BCUT2D eigenvalue weighted by atomic mass is 35.5. The Balaban J connectivity index is 2.34. The van der Waals surface area contributed by atoms with Crippen LogP contribution in [0.4, 0.5) is 21.8 Å². The highest BCUT2D eigenvalue weighted by Crippen LogP contribution is 2.25. The SMILES string of the molecule is N#Cc1ccc(Nc2nc(N)ncc2Cl)c(F)c1. The predicted octanol–water partition coefficient (Wildman–Crippen LogP) is 2.47. The van der Waals surface area contributed by atoms with Crippen LogP contribution >= 0.6 is 11.6 Å². The lowest BCUT2D eigenvalue weighted by Crippen LogP contribution is -2.01. The van der Waals surface area contributed by atoms with Gasteiger partial charge in [0, 0.05) is 0 Å². The van der Waals surface area contributed by atoms with E-state index < -0.39 is 5.82 Å². The smallest absolute Gasteiger partial charge is 0.222 e. The van der Waals surface area contributed by atoms with Gasteiger partial charge in [-0.25, -0.2) is 9.37 Å². The number of nitriles is 1. The van der Waals surface area contributed by atoms with Gasteiger partial charge >= 0.3 is 0 Å². The number of halogens is 2. The van der Waals surface area contributed by atoms with Gasteiger partial charge in [-0.1, -0.05) is 11.6 Å². The first kappa shape index (κ1) is 12.1. The van der Waals surface area contributed by atoms with E-state index in [-0.39, 0.29) is 28.0 Å². The number of rotatable bonds is 2. The van der Waals surface area contributed by atoms with Crippen LogP contribution in [0.3, 0.4) is 0 Å². The van der Waals surface area contributed by atoms with Crippen LogP contribution in [0.5, 0.6) is 0 Å². The summed E-state index contributed by atoms with van der Waals surface area (Å²) >= 11 is 5.84. The second kappa shape index (κ2) is 4.85. The highest BCUT2D eigenvalue weighted by Gasteiger charge is 2.08. The molecule has 2 rings (SSSR count).